The van der Waals surface area contributed by atoms with E-state index in [1.54, 1.807) is 6.07 Å². The Morgan fingerprint density at radius 1 is 1.62 bits per heavy atom. The van der Waals surface area contributed by atoms with Crippen LogP contribution in [0.5, 0.6) is 0 Å². The summed E-state index contributed by atoms with van der Waals surface area (Å²) in [7, 11) is 0. The SMILES string of the molecule is O=CCC#Cc1cc(Br)c[nH]c1=O. The van der Waals surface area contributed by atoms with Crippen LogP contribution in [0.2, 0.25) is 0 Å². The molecule has 0 atom stereocenters. The number of halogens is 1. The number of nitrogens with one attached hydrogen (secondary N) is 1. The predicted octanol–water partition coefficient (Wildman–Crippen LogP) is 1.08. The Morgan fingerprint density at radius 3 is 3.08 bits per heavy atom. The predicted molar refractivity (Wildman–Crippen MR) is 52.3 cm³/mol. The number of H-pyrrole nitrogens is 1. The number of aromatic amines is 1. The van der Waals surface area contributed by atoms with Crippen LogP contribution in [-0.4, -0.2) is 11.3 Å². The van der Waals surface area contributed by atoms with E-state index in [1.807, 2.05) is 0 Å². The van der Waals surface area contributed by atoms with Crippen LogP contribution in [-0.2, 0) is 4.79 Å². The van der Waals surface area contributed by atoms with Gasteiger partial charge < -0.3 is 9.78 Å². The van der Waals surface area contributed by atoms with Crippen LogP contribution in [0.25, 0.3) is 0 Å². The molecule has 0 saturated heterocycles. The van der Waals surface area contributed by atoms with Crippen LogP contribution in [0.1, 0.15) is 12.0 Å². The van der Waals surface area contributed by atoms with Gasteiger partial charge in [0.15, 0.2) is 0 Å². The quantitative estimate of drug-likeness (QED) is 0.589. The van der Waals surface area contributed by atoms with E-state index in [9.17, 15) is 9.59 Å². The van der Waals surface area contributed by atoms with Crippen molar-refractivity contribution in [2.75, 3.05) is 0 Å². The molecule has 1 aromatic heterocycles. The molecule has 4 heteroatoms. The Kier molecular flexibility index (Phi) is 3.47. The molecule has 0 aliphatic heterocycles. The van der Waals surface area contributed by atoms with E-state index >= 15 is 0 Å². The highest BCUT2D eigenvalue weighted by Crippen LogP contribution is 2.05. The standard InChI is InChI=1S/C9H6BrNO2/c10-8-5-7(3-1-2-4-12)9(13)11-6-8/h4-6H,2H2,(H,11,13). The third-order valence-electron chi connectivity index (χ3n) is 1.28. The number of aromatic nitrogens is 1. The second-order valence-corrected chi connectivity index (χ2v) is 3.15. The van der Waals surface area contributed by atoms with Gasteiger partial charge in [0.25, 0.3) is 5.56 Å². The van der Waals surface area contributed by atoms with Crippen molar-refractivity contribution in [1.82, 2.24) is 4.98 Å². The van der Waals surface area contributed by atoms with Gasteiger partial charge in [-0.25, -0.2) is 0 Å². The van der Waals surface area contributed by atoms with Gasteiger partial charge >= 0.3 is 0 Å². The number of hydrogen-bond donors (Lipinski definition) is 1. The second kappa shape index (κ2) is 4.63. The molecule has 1 N–H and O–H groups in total. The van der Waals surface area contributed by atoms with Gasteiger partial charge in [0.2, 0.25) is 0 Å². The first-order valence-electron chi connectivity index (χ1n) is 3.55. The highest BCUT2D eigenvalue weighted by atomic mass is 79.9. The maximum atomic E-state index is 11.1. The monoisotopic (exact) mass is 239 g/mol. The number of carbonyl (C=O) groups is 1. The normalized spacial score (nSPS) is 8.69. The van der Waals surface area contributed by atoms with Gasteiger partial charge in [-0.2, -0.15) is 0 Å². The van der Waals surface area contributed by atoms with E-state index in [-0.39, 0.29) is 12.0 Å². The molecule has 1 rings (SSSR count). The number of pyridine rings is 1. The maximum absolute atomic E-state index is 11.1. The Labute approximate surface area is 83.3 Å². The lowest BCUT2D eigenvalue weighted by atomic mass is 10.3. The fourth-order valence-corrected chi connectivity index (χ4v) is 1.08. The molecule has 0 spiro atoms. The van der Waals surface area contributed by atoms with Gasteiger partial charge in [-0.05, 0) is 22.0 Å². The fourth-order valence-electron chi connectivity index (χ4n) is 0.738. The third kappa shape index (κ3) is 2.88. The lowest BCUT2D eigenvalue weighted by Crippen LogP contribution is -2.08. The van der Waals surface area contributed by atoms with Crippen molar-refractivity contribution in [1.29, 1.82) is 0 Å². The molecule has 66 valence electrons. The van der Waals surface area contributed by atoms with Crippen molar-refractivity contribution in [3.63, 3.8) is 0 Å². The topological polar surface area (TPSA) is 49.9 Å². The van der Waals surface area contributed by atoms with Crippen molar-refractivity contribution >= 4 is 22.2 Å². The third-order valence-corrected chi connectivity index (χ3v) is 1.73. The average molecular weight is 240 g/mol. The van der Waals surface area contributed by atoms with Gasteiger partial charge in [-0.1, -0.05) is 11.8 Å². The molecule has 0 unspecified atom stereocenters. The summed E-state index contributed by atoms with van der Waals surface area (Å²) in [5.74, 6) is 5.16. The number of aldehydes is 1. The van der Waals surface area contributed by atoms with Gasteiger partial charge in [0.1, 0.15) is 6.29 Å². The Bertz CT molecular complexity index is 425. The lowest BCUT2D eigenvalue weighted by molar-refractivity contribution is -0.107. The Morgan fingerprint density at radius 2 is 2.38 bits per heavy atom. The first-order chi connectivity index (χ1) is 6.24. The van der Waals surface area contributed by atoms with Gasteiger partial charge in [-0.15, -0.1) is 0 Å². The smallest absolute Gasteiger partial charge is 0.263 e. The first-order valence-corrected chi connectivity index (χ1v) is 4.34. The molecule has 13 heavy (non-hydrogen) atoms. The van der Waals surface area contributed by atoms with Gasteiger partial charge in [0, 0.05) is 10.7 Å². The zero-order valence-electron chi connectivity index (χ0n) is 6.63. The van der Waals surface area contributed by atoms with E-state index in [2.05, 4.69) is 32.8 Å². The van der Waals surface area contributed by atoms with Crippen molar-refractivity contribution in [3.8, 4) is 11.8 Å². The maximum Gasteiger partial charge on any atom is 0.263 e. The minimum absolute atomic E-state index is 0.145. The number of rotatable bonds is 1. The molecule has 0 fully saturated rings. The molecule has 0 aliphatic rings. The summed E-state index contributed by atoms with van der Waals surface area (Å²) in [5.41, 5.74) is 0.109. The zero-order chi connectivity index (χ0) is 9.68. The second-order valence-electron chi connectivity index (χ2n) is 2.23. The van der Waals surface area contributed by atoms with E-state index in [1.165, 1.54) is 6.20 Å². The van der Waals surface area contributed by atoms with E-state index in [0.717, 1.165) is 4.47 Å². The molecular weight excluding hydrogens is 234 g/mol. The average Bonchev–Trinajstić information content (AvgIpc) is 2.11. The fraction of sp³-hybridized carbons (Fsp3) is 0.111. The van der Waals surface area contributed by atoms with Crippen LogP contribution >= 0.6 is 15.9 Å². The van der Waals surface area contributed by atoms with Crippen molar-refractivity contribution in [2.45, 2.75) is 6.42 Å². The minimum atomic E-state index is -0.249. The van der Waals surface area contributed by atoms with Crippen LogP contribution in [0.15, 0.2) is 21.5 Å². The van der Waals surface area contributed by atoms with E-state index in [4.69, 9.17) is 0 Å². The first kappa shape index (κ1) is 9.75. The molecule has 3 nitrogen and oxygen atoms in total. The largest absolute Gasteiger partial charge is 0.327 e. The minimum Gasteiger partial charge on any atom is -0.327 e. The van der Waals surface area contributed by atoms with E-state index < -0.39 is 0 Å². The number of hydrogen-bond acceptors (Lipinski definition) is 2. The highest BCUT2D eigenvalue weighted by Gasteiger charge is 1.94. The molecule has 0 amide bonds. The molecule has 0 aromatic carbocycles. The summed E-state index contributed by atoms with van der Waals surface area (Å²) in [4.78, 5) is 23.5. The van der Waals surface area contributed by atoms with Crippen molar-refractivity contribution < 1.29 is 4.79 Å². The van der Waals surface area contributed by atoms with Crippen molar-refractivity contribution in [3.05, 3.63) is 32.7 Å². The summed E-state index contributed by atoms with van der Waals surface area (Å²) >= 11 is 3.20. The molecule has 1 heterocycles. The van der Waals surface area contributed by atoms with Crippen LogP contribution in [0, 0.1) is 11.8 Å². The van der Waals surface area contributed by atoms with Crippen LogP contribution < -0.4 is 5.56 Å². The molecule has 0 radical (unpaired) electrons. The molecule has 1 aromatic rings. The lowest BCUT2D eigenvalue weighted by Gasteiger charge is -1.89. The van der Waals surface area contributed by atoms with Crippen molar-refractivity contribution in [2.24, 2.45) is 0 Å². The Hall–Kier alpha value is -1.34. The summed E-state index contributed by atoms with van der Waals surface area (Å²) in [5, 5.41) is 0. The van der Waals surface area contributed by atoms with Crippen LogP contribution in [0.3, 0.4) is 0 Å². The number of carbonyl (C=O) groups excluding carboxylic acids is 1. The summed E-state index contributed by atoms with van der Waals surface area (Å²) in [6.07, 6.45) is 2.37. The summed E-state index contributed by atoms with van der Waals surface area (Å²) in [6.45, 7) is 0. The Balaban J connectivity index is 3.02. The zero-order valence-corrected chi connectivity index (χ0v) is 8.22. The highest BCUT2D eigenvalue weighted by molar-refractivity contribution is 9.10. The molecular formula is C9H6BrNO2. The molecule has 0 aliphatic carbocycles. The molecule has 0 saturated carbocycles. The van der Waals surface area contributed by atoms with E-state index in [0.29, 0.717) is 11.8 Å². The molecule has 0 bridgehead atoms. The van der Waals surface area contributed by atoms with Crippen LogP contribution in [0.4, 0.5) is 0 Å². The summed E-state index contributed by atoms with van der Waals surface area (Å²) < 4.78 is 0.752. The van der Waals surface area contributed by atoms with Gasteiger partial charge in [0.05, 0.1) is 12.0 Å². The van der Waals surface area contributed by atoms with Gasteiger partial charge in [-0.3, -0.25) is 4.79 Å². The summed E-state index contributed by atoms with van der Waals surface area (Å²) in [6, 6.07) is 1.61.